The Balaban J connectivity index is 1.72. The quantitative estimate of drug-likeness (QED) is 0.266. The topological polar surface area (TPSA) is 123 Å². The molecule has 1 amide bonds. The minimum Gasteiger partial charge on any atom is -0.495 e. The van der Waals surface area contributed by atoms with Crippen LogP contribution in [0.1, 0.15) is 17.5 Å². The van der Waals surface area contributed by atoms with Gasteiger partial charge in [0.05, 0.1) is 40.7 Å². The summed E-state index contributed by atoms with van der Waals surface area (Å²) in [7, 11) is 4.64. The molecular weight excluding hydrogens is 527 g/mol. The molecule has 0 aliphatic heterocycles. The van der Waals surface area contributed by atoms with Crippen molar-refractivity contribution >= 4 is 68.0 Å². The van der Waals surface area contributed by atoms with Gasteiger partial charge >= 0.3 is 0 Å². The Morgan fingerprint density at radius 1 is 1.25 bits per heavy atom. The number of methoxy groups -OCH3 is 2. The highest BCUT2D eigenvalue weighted by atomic mass is 35.5. The van der Waals surface area contributed by atoms with Crippen molar-refractivity contribution in [3.63, 3.8) is 0 Å². The van der Waals surface area contributed by atoms with Gasteiger partial charge in [-0.1, -0.05) is 29.8 Å². The Bertz CT molecular complexity index is 1460. The lowest BCUT2D eigenvalue weighted by atomic mass is 9.95. The van der Waals surface area contributed by atoms with Crippen molar-refractivity contribution in [3.8, 4) is 11.5 Å². The van der Waals surface area contributed by atoms with Gasteiger partial charge < -0.3 is 25.2 Å². The van der Waals surface area contributed by atoms with Crippen molar-refractivity contribution in [2.45, 2.75) is 12.5 Å². The zero-order valence-corrected chi connectivity index (χ0v) is 22.0. The standard InChI is InChI=1S/C23H22Cl2N6O4S/c1-6-17(32)27-12-10-31(3)30-21(12)29-16-7-11-15(9-26-16)36-22(28-11)23(2,33)18-19(24)13(34-4)8-14(35-5)20(18)25/h6-10,33H,1H2,2-5H3,(H,27,32)(H,26,29,30). The number of aromatic nitrogens is 4. The molecule has 1 atom stereocenters. The van der Waals surface area contributed by atoms with Gasteiger partial charge in [0.15, 0.2) is 5.82 Å². The molecule has 188 valence electrons. The van der Waals surface area contributed by atoms with E-state index in [0.29, 0.717) is 39.3 Å². The van der Waals surface area contributed by atoms with Crippen LogP contribution in [0.3, 0.4) is 0 Å². The number of benzene rings is 1. The minimum absolute atomic E-state index is 0.150. The fourth-order valence-electron chi connectivity index (χ4n) is 3.51. The molecule has 4 aromatic rings. The number of aliphatic hydroxyl groups is 1. The van der Waals surface area contributed by atoms with Crippen LogP contribution in [0.2, 0.25) is 10.0 Å². The predicted octanol–water partition coefficient (Wildman–Crippen LogP) is 4.87. The summed E-state index contributed by atoms with van der Waals surface area (Å²) in [6.07, 6.45) is 4.44. The highest BCUT2D eigenvalue weighted by molar-refractivity contribution is 7.18. The molecule has 4 rings (SSSR count). The molecule has 0 saturated carbocycles. The molecule has 0 saturated heterocycles. The summed E-state index contributed by atoms with van der Waals surface area (Å²) in [6, 6.07) is 3.25. The Hall–Kier alpha value is -3.38. The number of rotatable bonds is 8. The fourth-order valence-corrected chi connectivity index (χ4v) is 5.34. The van der Waals surface area contributed by atoms with Crippen LogP contribution in [0.25, 0.3) is 10.2 Å². The van der Waals surface area contributed by atoms with Crippen molar-refractivity contribution in [1.29, 1.82) is 0 Å². The second-order valence-electron chi connectivity index (χ2n) is 7.80. The van der Waals surface area contributed by atoms with Gasteiger partial charge in [-0.05, 0) is 13.0 Å². The third kappa shape index (κ3) is 4.70. The van der Waals surface area contributed by atoms with Crippen molar-refractivity contribution in [1.82, 2.24) is 19.7 Å². The number of carbonyl (C=O) groups excluding carboxylic acids is 1. The monoisotopic (exact) mass is 548 g/mol. The molecule has 1 aromatic carbocycles. The first-order valence-corrected chi connectivity index (χ1v) is 12.0. The number of nitrogens with zero attached hydrogens (tertiary/aromatic N) is 4. The van der Waals surface area contributed by atoms with Crippen molar-refractivity contribution in [2.24, 2.45) is 7.05 Å². The van der Waals surface area contributed by atoms with Gasteiger partial charge in [0.2, 0.25) is 5.91 Å². The number of nitrogens with one attached hydrogen (secondary N) is 2. The SMILES string of the molecule is C=CC(=O)Nc1cn(C)nc1Nc1cc2nc(C(C)(O)c3c(Cl)c(OC)cc(OC)c3Cl)sc2cn1. The lowest BCUT2D eigenvalue weighted by Crippen LogP contribution is -2.24. The number of hydrogen-bond donors (Lipinski definition) is 3. The average Bonchev–Trinajstić information content (AvgIpc) is 3.42. The van der Waals surface area contributed by atoms with Gasteiger partial charge in [-0.3, -0.25) is 9.48 Å². The van der Waals surface area contributed by atoms with Gasteiger partial charge in [-0.15, -0.1) is 11.3 Å². The molecular formula is C23H22Cl2N6O4S. The molecule has 0 aliphatic rings. The van der Waals surface area contributed by atoms with Crippen LogP contribution in [-0.4, -0.2) is 45.0 Å². The van der Waals surface area contributed by atoms with Crippen LogP contribution in [0.5, 0.6) is 11.5 Å². The van der Waals surface area contributed by atoms with Crippen molar-refractivity contribution in [2.75, 3.05) is 24.9 Å². The fraction of sp³-hybridized carbons (Fsp3) is 0.217. The van der Waals surface area contributed by atoms with Gasteiger partial charge in [0.1, 0.15) is 33.6 Å². The maximum atomic E-state index is 11.7. The van der Waals surface area contributed by atoms with E-state index in [0.717, 1.165) is 4.70 Å². The molecule has 0 aliphatic carbocycles. The Labute approximate surface area is 220 Å². The van der Waals surface area contributed by atoms with Crippen LogP contribution in [0.15, 0.2) is 37.2 Å². The van der Waals surface area contributed by atoms with Gasteiger partial charge in [0, 0.05) is 30.9 Å². The summed E-state index contributed by atoms with van der Waals surface area (Å²) in [5, 5.41) is 22.3. The average molecular weight is 549 g/mol. The van der Waals surface area contributed by atoms with Gasteiger partial charge in [-0.25, -0.2) is 9.97 Å². The normalized spacial score (nSPS) is 12.8. The Morgan fingerprint density at radius 3 is 2.53 bits per heavy atom. The Kier molecular flexibility index (Phi) is 7.10. The van der Waals surface area contributed by atoms with Crippen LogP contribution in [0.4, 0.5) is 17.3 Å². The van der Waals surface area contributed by atoms with Crippen LogP contribution >= 0.6 is 34.5 Å². The predicted molar refractivity (Wildman–Crippen MR) is 141 cm³/mol. The first-order valence-electron chi connectivity index (χ1n) is 10.4. The third-order valence-electron chi connectivity index (χ3n) is 5.27. The highest BCUT2D eigenvalue weighted by Gasteiger charge is 2.37. The number of carbonyl (C=O) groups is 1. The van der Waals surface area contributed by atoms with E-state index in [1.165, 1.54) is 31.6 Å². The van der Waals surface area contributed by atoms with E-state index in [9.17, 15) is 9.90 Å². The maximum absolute atomic E-state index is 11.7. The summed E-state index contributed by atoms with van der Waals surface area (Å²) in [5.74, 6) is 1.07. The second kappa shape index (κ2) is 9.94. The van der Waals surface area contributed by atoms with E-state index in [1.807, 2.05) is 0 Å². The summed E-state index contributed by atoms with van der Waals surface area (Å²) in [4.78, 5) is 20.8. The number of halogens is 2. The number of hydrogen-bond acceptors (Lipinski definition) is 9. The number of aryl methyl sites for hydroxylation is 1. The summed E-state index contributed by atoms with van der Waals surface area (Å²) in [6.45, 7) is 5.00. The lowest BCUT2D eigenvalue weighted by molar-refractivity contribution is -0.111. The van der Waals surface area contributed by atoms with E-state index >= 15 is 0 Å². The summed E-state index contributed by atoms with van der Waals surface area (Å²) < 4.78 is 12.9. The van der Waals surface area contributed by atoms with E-state index in [-0.39, 0.29) is 21.5 Å². The first-order chi connectivity index (χ1) is 17.1. The molecule has 0 bridgehead atoms. The first kappa shape index (κ1) is 25.7. The molecule has 0 radical (unpaired) electrons. The smallest absolute Gasteiger partial charge is 0.247 e. The minimum atomic E-state index is -1.67. The van der Waals surface area contributed by atoms with E-state index in [4.69, 9.17) is 32.7 Å². The number of pyridine rings is 1. The lowest BCUT2D eigenvalue weighted by Gasteiger charge is -2.25. The zero-order valence-electron chi connectivity index (χ0n) is 19.7. The molecule has 3 N–H and O–H groups in total. The maximum Gasteiger partial charge on any atom is 0.247 e. The number of fused-ring (bicyclic) bond motifs is 1. The molecule has 10 nitrogen and oxygen atoms in total. The largest absolute Gasteiger partial charge is 0.495 e. The Morgan fingerprint density at radius 2 is 1.92 bits per heavy atom. The molecule has 3 aromatic heterocycles. The highest BCUT2D eigenvalue weighted by Crippen LogP contribution is 2.48. The zero-order chi connectivity index (χ0) is 26.2. The molecule has 36 heavy (non-hydrogen) atoms. The number of amides is 1. The molecule has 13 heteroatoms. The summed E-state index contributed by atoms with van der Waals surface area (Å²) >= 11 is 14.3. The molecule has 3 heterocycles. The number of anilines is 3. The third-order valence-corrected chi connectivity index (χ3v) is 7.24. The van der Waals surface area contributed by atoms with Crippen LogP contribution in [-0.2, 0) is 17.4 Å². The molecule has 0 fully saturated rings. The van der Waals surface area contributed by atoms with Crippen molar-refractivity contribution < 1.29 is 19.4 Å². The van der Waals surface area contributed by atoms with Gasteiger partial charge in [0.25, 0.3) is 0 Å². The van der Waals surface area contributed by atoms with Gasteiger partial charge in [-0.2, -0.15) is 5.10 Å². The number of ether oxygens (including phenoxy) is 2. The summed E-state index contributed by atoms with van der Waals surface area (Å²) in [5.41, 5.74) is -0.426. The van der Waals surface area contributed by atoms with E-state index < -0.39 is 5.60 Å². The van der Waals surface area contributed by atoms with E-state index in [1.54, 1.807) is 43.2 Å². The molecule has 0 spiro atoms. The van der Waals surface area contributed by atoms with Crippen LogP contribution < -0.4 is 20.1 Å². The van der Waals surface area contributed by atoms with Crippen molar-refractivity contribution in [3.05, 3.63) is 57.8 Å². The second-order valence-corrected chi connectivity index (χ2v) is 9.58. The van der Waals surface area contributed by atoms with E-state index in [2.05, 4.69) is 32.3 Å². The number of thiazole rings is 1. The van der Waals surface area contributed by atoms with Crippen LogP contribution in [0, 0.1) is 0 Å². The molecule has 1 unspecified atom stereocenters.